The topological polar surface area (TPSA) is 53.2 Å². The van der Waals surface area contributed by atoms with Crippen molar-refractivity contribution in [2.45, 2.75) is 13.1 Å². The molecule has 0 spiro atoms. The predicted octanol–water partition coefficient (Wildman–Crippen LogP) is 1.52. The van der Waals surface area contributed by atoms with Crippen LogP contribution in [-0.2, 0) is 10.9 Å². The molecule has 1 heterocycles. The fourth-order valence-corrected chi connectivity index (χ4v) is 1.04. The summed E-state index contributed by atoms with van der Waals surface area (Å²) < 4.78 is 41.1. The summed E-state index contributed by atoms with van der Waals surface area (Å²) in [7, 11) is 0. The van der Waals surface area contributed by atoms with E-state index in [9.17, 15) is 23.2 Å². The van der Waals surface area contributed by atoms with Crippen molar-refractivity contribution in [2.75, 3.05) is 6.61 Å². The van der Waals surface area contributed by atoms with Crippen molar-refractivity contribution in [3.63, 3.8) is 0 Å². The maximum atomic E-state index is 12.3. The molecule has 1 rings (SSSR count). The number of nitrogens with zero attached hydrogens (tertiary/aromatic N) is 1. The van der Waals surface area contributed by atoms with Crippen LogP contribution in [0.15, 0.2) is 18.3 Å². The van der Waals surface area contributed by atoms with Crippen LogP contribution in [0.4, 0.5) is 13.2 Å². The lowest BCUT2D eigenvalue weighted by Crippen LogP contribution is -2.36. The Bertz CT molecular complexity index is 403. The highest BCUT2D eigenvalue weighted by Crippen LogP contribution is 2.26. The van der Waals surface area contributed by atoms with Gasteiger partial charge in [0.25, 0.3) is 5.69 Å². The Morgan fingerprint density at radius 1 is 1.56 bits per heavy atom. The van der Waals surface area contributed by atoms with Gasteiger partial charge < -0.3 is 9.94 Å². The molecule has 0 amide bonds. The molecule has 0 N–H and O–H groups in total. The van der Waals surface area contributed by atoms with E-state index in [1.807, 2.05) is 0 Å². The normalized spacial score (nSPS) is 11.2. The summed E-state index contributed by atoms with van der Waals surface area (Å²) in [6.45, 7) is 1.58. The highest BCUT2D eigenvalue weighted by atomic mass is 19.4. The number of aromatic nitrogens is 1. The number of ether oxygens (including phenoxy) is 1. The molecule has 0 radical (unpaired) electrons. The number of pyridine rings is 1. The zero-order valence-corrected chi connectivity index (χ0v) is 8.25. The summed E-state index contributed by atoms with van der Waals surface area (Å²) in [5, 5.41) is 10.8. The number of esters is 1. The maximum Gasteiger partial charge on any atom is 0.478 e. The monoisotopic (exact) mass is 235 g/mol. The van der Waals surface area contributed by atoms with Crippen LogP contribution >= 0.6 is 0 Å². The summed E-state index contributed by atoms with van der Waals surface area (Å²) in [5.74, 6) is -0.895. The van der Waals surface area contributed by atoms with Crippen LogP contribution < -0.4 is 4.73 Å². The summed E-state index contributed by atoms with van der Waals surface area (Å²) in [6, 6.07) is 1.44. The summed E-state index contributed by atoms with van der Waals surface area (Å²) in [4.78, 5) is 11.1. The van der Waals surface area contributed by atoms with Crippen molar-refractivity contribution < 1.29 is 27.4 Å². The van der Waals surface area contributed by atoms with Gasteiger partial charge in [-0.15, -0.1) is 0 Å². The Labute approximate surface area is 88.8 Å². The highest BCUT2D eigenvalue weighted by Gasteiger charge is 2.40. The van der Waals surface area contributed by atoms with Gasteiger partial charge >= 0.3 is 12.1 Å². The van der Waals surface area contributed by atoms with Crippen LogP contribution in [0.3, 0.4) is 0 Å². The molecule has 0 saturated heterocycles. The highest BCUT2D eigenvalue weighted by molar-refractivity contribution is 5.89. The minimum Gasteiger partial charge on any atom is -0.618 e. The van der Waals surface area contributed by atoms with E-state index in [-0.39, 0.29) is 16.9 Å². The van der Waals surface area contributed by atoms with E-state index < -0.39 is 17.8 Å². The van der Waals surface area contributed by atoms with E-state index in [2.05, 4.69) is 4.74 Å². The van der Waals surface area contributed by atoms with Gasteiger partial charge in [-0.05, 0) is 6.92 Å². The van der Waals surface area contributed by atoms with Crippen LogP contribution in [0, 0.1) is 5.21 Å². The van der Waals surface area contributed by atoms with E-state index in [1.54, 1.807) is 0 Å². The number of alkyl halides is 3. The second-order valence-corrected chi connectivity index (χ2v) is 2.84. The first-order valence-electron chi connectivity index (χ1n) is 4.33. The van der Waals surface area contributed by atoms with Crippen LogP contribution in [0.5, 0.6) is 0 Å². The van der Waals surface area contributed by atoms with Crippen molar-refractivity contribution in [1.29, 1.82) is 0 Å². The number of carbonyl (C=O) groups is 1. The van der Waals surface area contributed by atoms with Gasteiger partial charge in [-0.3, -0.25) is 0 Å². The Kier molecular flexibility index (Phi) is 3.36. The Morgan fingerprint density at radius 2 is 2.19 bits per heavy atom. The molecular formula is C9H8F3NO3. The SMILES string of the molecule is CCOC(=O)c1cc[n+]([O-])c(C(F)(F)F)c1. The van der Waals surface area contributed by atoms with Gasteiger partial charge in [-0.1, -0.05) is 0 Å². The number of carbonyl (C=O) groups excluding carboxylic acids is 1. The molecule has 0 fully saturated rings. The van der Waals surface area contributed by atoms with Crippen LogP contribution in [-0.4, -0.2) is 12.6 Å². The molecule has 0 aliphatic heterocycles. The average molecular weight is 235 g/mol. The van der Waals surface area contributed by atoms with Gasteiger partial charge in [0.15, 0.2) is 6.20 Å². The summed E-state index contributed by atoms with van der Waals surface area (Å²) >= 11 is 0. The lowest BCUT2D eigenvalue weighted by Gasteiger charge is -2.08. The second-order valence-electron chi connectivity index (χ2n) is 2.84. The molecule has 16 heavy (non-hydrogen) atoms. The van der Waals surface area contributed by atoms with Crippen molar-refractivity contribution in [3.05, 3.63) is 34.8 Å². The molecule has 0 bridgehead atoms. The van der Waals surface area contributed by atoms with Gasteiger partial charge in [-0.2, -0.15) is 17.9 Å². The molecule has 0 unspecified atom stereocenters. The maximum absolute atomic E-state index is 12.3. The minimum atomic E-state index is -4.80. The van der Waals surface area contributed by atoms with E-state index >= 15 is 0 Å². The standard InChI is InChI=1S/C9H8F3NO3/c1-2-16-8(14)6-3-4-13(15)7(5-6)9(10,11)12/h3-5H,2H2,1H3. The van der Waals surface area contributed by atoms with Gasteiger partial charge in [0, 0.05) is 12.1 Å². The fourth-order valence-electron chi connectivity index (χ4n) is 1.04. The van der Waals surface area contributed by atoms with Crippen molar-refractivity contribution in [2.24, 2.45) is 0 Å². The Hall–Kier alpha value is -1.79. The van der Waals surface area contributed by atoms with Crippen LogP contribution in [0.2, 0.25) is 0 Å². The molecule has 0 atom stereocenters. The second kappa shape index (κ2) is 4.38. The Morgan fingerprint density at radius 3 is 2.69 bits per heavy atom. The predicted molar refractivity (Wildman–Crippen MR) is 46.4 cm³/mol. The van der Waals surface area contributed by atoms with Gasteiger partial charge in [0.1, 0.15) is 0 Å². The average Bonchev–Trinajstić information content (AvgIpc) is 2.16. The zero-order chi connectivity index (χ0) is 12.3. The summed E-state index contributed by atoms with van der Waals surface area (Å²) in [6.07, 6.45) is -4.18. The third-order valence-corrected chi connectivity index (χ3v) is 1.72. The molecule has 0 saturated carbocycles. The third kappa shape index (κ3) is 2.62. The molecule has 0 aliphatic rings. The van der Waals surface area contributed by atoms with Crippen molar-refractivity contribution in [3.8, 4) is 0 Å². The molecule has 4 nitrogen and oxygen atoms in total. The first kappa shape index (κ1) is 12.3. The quantitative estimate of drug-likeness (QED) is 0.443. The smallest absolute Gasteiger partial charge is 0.478 e. The first-order chi connectivity index (χ1) is 7.36. The Balaban J connectivity index is 3.13. The largest absolute Gasteiger partial charge is 0.618 e. The minimum absolute atomic E-state index is 0.0481. The van der Waals surface area contributed by atoms with Gasteiger partial charge in [0.05, 0.1) is 12.2 Å². The van der Waals surface area contributed by atoms with Gasteiger partial charge in [0.2, 0.25) is 0 Å². The number of rotatable bonds is 2. The molecule has 1 aromatic heterocycles. The lowest BCUT2D eigenvalue weighted by molar-refractivity contribution is -0.629. The molecule has 1 aromatic rings. The fraction of sp³-hybridized carbons (Fsp3) is 0.333. The molecular weight excluding hydrogens is 227 g/mol. The zero-order valence-electron chi connectivity index (χ0n) is 8.25. The molecule has 0 aromatic carbocycles. The van der Waals surface area contributed by atoms with Crippen LogP contribution in [0.25, 0.3) is 0 Å². The van der Waals surface area contributed by atoms with Crippen LogP contribution in [0.1, 0.15) is 23.0 Å². The number of halogens is 3. The lowest BCUT2D eigenvalue weighted by atomic mass is 10.2. The van der Waals surface area contributed by atoms with E-state index in [0.717, 1.165) is 6.07 Å². The third-order valence-electron chi connectivity index (χ3n) is 1.72. The van der Waals surface area contributed by atoms with Crippen molar-refractivity contribution in [1.82, 2.24) is 0 Å². The van der Waals surface area contributed by atoms with Crippen molar-refractivity contribution >= 4 is 5.97 Å². The molecule has 88 valence electrons. The van der Waals surface area contributed by atoms with E-state index in [0.29, 0.717) is 12.3 Å². The van der Waals surface area contributed by atoms with E-state index in [1.165, 1.54) is 6.92 Å². The summed E-state index contributed by atoms with van der Waals surface area (Å²) in [5.41, 5.74) is -1.75. The van der Waals surface area contributed by atoms with E-state index in [4.69, 9.17) is 0 Å². The molecule has 7 heteroatoms. The number of hydrogen-bond donors (Lipinski definition) is 0. The number of hydrogen-bond acceptors (Lipinski definition) is 3. The first-order valence-corrected chi connectivity index (χ1v) is 4.33. The van der Waals surface area contributed by atoms with Gasteiger partial charge in [-0.25, -0.2) is 4.79 Å². The molecule has 0 aliphatic carbocycles.